The summed E-state index contributed by atoms with van der Waals surface area (Å²) in [4.78, 5) is 26.4. The van der Waals surface area contributed by atoms with Crippen LogP contribution in [0, 0.1) is 24.7 Å². The van der Waals surface area contributed by atoms with Gasteiger partial charge in [-0.05, 0) is 25.0 Å². The standard InChI is InChI=1S/C30H25N3O2/c1-3-5-11-17-32-19-23(21-13-7-9-15-25(21)32)27-28(30(35)31-29(27)34)24-20-33(18-12-6-4-2)26-16-10-8-14-22(24)26/h1-2,7-10,13-16,19-20H,5-6,11-12,17-18H2,(H,31,34,35). The minimum Gasteiger partial charge on any atom is -0.347 e. The van der Waals surface area contributed by atoms with E-state index in [1.807, 2.05) is 60.9 Å². The lowest BCUT2D eigenvalue weighted by molar-refractivity contribution is -0.122. The SMILES string of the molecule is C#CCCCn1cc(C2=C(c3cn(CCCC#C)c4ccccc34)C(=O)NC2=O)c2ccccc21. The van der Waals surface area contributed by atoms with Gasteiger partial charge in [0, 0.05) is 71.3 Å². The van der Waals surface area contributed by atoms with Crippen molar-refractivity contribution in [1.29, 1.82) is 0 Å². The summed E-state index contributed by atoms with van der Waals surface area (Å²) in [5.41, 5.74) is 4.35. The molecule has 172 valence electrons. The molecule has 2 amide bonds. The number of fused-ring (bicyclic) bond motifs is 2. The minimum absolute atomic E-state index is 0.374. The second-order valence-corrected chi connectivity index (χ2v) is 8.66. The number of carbonyl (C=O) groups excluding carboxylic acids is 2. The van der Waals surface area contributed by atoms with Crippen LogP contribution in [0.2, 0.25) is 0 Å². The molecule has 35 heavy (non-hydrogen) atoms. The topological polar surface area (TPSA) is 56.0 Å². The van der Waals surface area contributed by atoms with Crippen LogP contribution >= 0.6 is 0 Å². The zero-order valence-electron chi connectivity index (χ0n) is 19.4. The molecule has 1 aliphatic heterocycles. The van der Waals surface area contributed by atoms with Crippen molar-refractivity contribution in [2.45, 2.75) is 38.8 Å². The molecule has 0 unspecified atom stereocenters. The first-order valence-electron chi connectivity index (χ1n) is 11.8. The highest BCUT2D eigenvalue weighted by Gasteiger charge is 2.35. The number of terminal acetylenes is 2. The van der Waals surface area contributed by atoms with Crippen LogP contribution in [0.25, 0.3) is 33.0 Å². The smallest absolute Gasteiger partial charge is 0.259 e. The third-order valence-corrected chi connectivity index (χ3v) is 6.49. The molecular formula is C30H25N3O2. The lowest BCUT2D eigenvalue weighted by Gasteiger charge is -2.03. The van der Waals surface area contributed by atoms with Crippen LogP contribution in [-0.2, 0) is 22.7 Å². The van der Waals surface area contributed by atoms with Gasteiger partial charge in [-0.2, -0.15) is 0 Å². The zero-order valence-corrected chi connectivity index (χ0v) is 19.4. The molecule has 0 bridgehead atoms. The van der Waals surface area contributed by atoms with Crippen molar-refractivity contribution in [3.63, 3.8) is 0 Å². The van der Waals surface area contributed by atoms with Crippen LogP contribution in [0.15, 0.2) is 60.9 Å². The predicted octanol–water partition coefficient (Wildman–Crippen LogP) is 4.99. The number of benzene rings is 2. The monoisotopic (exact) mass is 459 g/mol. The van der Waals surface area contributed by atoms with Crippen molar-refractivity contribution in [1.82, 2.24) is 14.5 Å². The van der Waals surface area contributed by atoms with Gasteiger partial charge in [-0.25, -0.2) is 0 Å². The zero-order chi connectivity index (χ0) is 24.4. The summed E-state index contributed by atoms with van der Waals surface area (Å²) >= 11 is 0. The van der Waals surface area contributed by atoms with E-state index in [4.69, 9.17) is 12.8 Å². The summed E-state index contributed by atoms with van der Waals surface area (Å²) in [6.07, 6.45) is 17.8. The van der Waals surface area contributed by atoms with Crippen molar-refractivity contribution in [2.24, 2.45) is 0 Å². The Bertz CT molecular complexity index is 1470. The Hall–Kier alpha value is -4.48. The van der Waals surface area contributed by atoms with Crippen LogP contribution in [0.4, 0.5) is 0 Å². The number of aryl methyl sites for hydroxylation is 2. The summed E-state index contributed by atoms with van der Waals surface area (Å²) in [7, 11) is 0. The third kappa shape index (κ3) is 3.92. The van der Waals surface area contributed by atoms with E-state index in [1.54, 1.807) is 0 Å². The number of hydrogen-bond acceptors (Lipinski definition) is 2. The van der Waals surface area contributed by atoms with Gasteiger partial charge in [0.25, 0.3) is 11.8 Å². The van der Waals surface area contributed by atoms with Gasteiger partial charge in [0.1, 0.15) is 0 Å². The minimum atomic E-state index is -0.374. The highest BCUT2D eigenvalue weighted by atomic mass is 16.2. The fourth-order valence-electron chi connectivity index (χ4n) is 4.93. The van der Waals surface area contributed by atoms with Gasteiger partial charge < -0.3 is 9.13 Å². The van der Waals surface area contributed by atoms with E-state index < -0.39 is 0 Å². The molecule has 3 heterocycles. The molecule has 1 N–H and O–H groups in total. The number of imide groups is 1. The average Bonchev–Trinajstić information content (AvgIpc) is 3.50. The Morgan fingerprint density at radius 3 is 1.54 bits per heavy atom. The second-order valence-electron chi connectivity index (χ2n) is 8.66. The van der Waals surface area contributed by atoms with Crippen molar-refractivity contribution < 1.29 is 9.59 Å². The van der Waals surface area contributed by atoms with Crippen molar-refractivity contribution in [3.05, 3.63) is 72.1 Å². The van der Waals surface area contributed by atoms with Crippen molar-refractivity contribution in [3.8, 4) is 24.7 Å². The molecule has 5 heteroatoms. The first kappa shape index (κ1) is 22.3. The third-order valence-electron chi connectivity index (χ3n) is 6.49. The molecule has 0 radical (unpaired) electrons. The number of carbonyl (C=O) groups is 2. The molecule has 5 nitrogen and oxygen atoms in total. The Balaban J connectivity index is 1.71. The molecule has 5 rings (SSSR count). The van der Waals surface area contributed by atoms with E-state index in [1.165, 1.54) is 0 Å². The number of aromatic nitrogens is 2. The number of nitrogens with one attached hydrogen (secondary N) is 1. The molecular weight excluding hydrogens is 434 g/mol. The van der Waals surface area contributed by atoms with E-state index in [0.29, 0.717) is 24.0 Å². The largest absolute Gasteiger partial charge is 0.347 e. The summed E-state index contributed by atoms with van der Waals surface area (Å²) < 4.78 is 4.23. The molecule has 2 aromatic heterocycles. The lowest BCUT2D eigenvalue weighted by Crippen LogP contribution is -2.22. The van der Waals surface area contributed by atoms with Crippen LogP contribution in [0.5, 0.6) is 0 Å². The Morgan fingerprint density at radius 2 is 1.11 bits per heavy atom. The quantitative estimate of drug-likeness (QED) is 0.229. The fraction of sp³-hybridized carbons (Fsp3) is 0.200. The number of para-hydroxylation sites is 2. The van der Waals surface area contributed by atoms with E-state index in [-0.39, 0.29) is 11.8 Å². The second kappa shape index (κ2) is 9.41. The predicted molar refractivity (Wildman–Crippen MR) is 140 cm³/mol. The first-order chi connectivity index (χ1) is 17.1. The van der Waals surface area contributed by atoms with Gasteiger partial charge >= 0.3 is 0 Å². The van der Waals surface area contributed by atoms with Gasteiger partial charge in [-0.3, -0.25) is 14.9 Å². The Morgan fingerprint density at radius 1 is 0.686 bits per heavy atom. The maximum atomic E-state index is 13.2. The van der Waals surface area contributed by atoms with Gasteiger partial charge in [0.2, 0.25) is 0 Å². The fourth-order valence-corrected chi connectivity index (χ4v) is 4.93. The number of hydrogen-bond donors (Lipinski definition) is 1. The van der Waals surface area contributed by atoms with E-state index in [0.717, 1.165) is 58.9 Å². The molecule has 0 spiro atoms. The number of nitrogens with zero attached hydrogens (tertiary/aromatic N) is 2. The van der Waals surface area contributed by atoms with E-state index in [9.17, 15) is 9.59 Å². The maximum Gasteiger partial charge on any atom is 0.259 e. The van der Waals surface area contributed by atoms with Gasteiger partial charge in [-0.1, -0.05) is 36.4 Å². The van der Waals surface area contributed by atoms with Crippen LogP contribution < -0.4 is 5.32 Å². The maximum absolute atomic E-state index is 13.2. The average molecular weight is 460 g/mol. The molecule has 0 fully saturated rings. The molecule has 0 saturated carbocycles. The molecule has 4 aromatic rings. The Labute approximate surface area is 204 Å². The van der Waals surface area contributed by atoms with Gasteiger partial charge in [-0.15, -0.1) is 24.7 Å². The van der Waals surface area contributed by atoms with Gasteiger partial charge in [0.15, 0.2) is 0 Å². The lowest BCUT2D eigenvalue weighted by atomic mass is 9.95. The van der Waals surface area contributed by atoms with Crippen molar-refractivity contribution >= 4 is 44.8 Å². The summed E-state index contributed by atoms with van der Waals surface area (Å²) in [5, 5.41) is 4.41. The highest BCUT2D eigenvalue weighted by Crippen LogP contribution is 2.39. The number of rotatable bonds is 8. The molecule has 0 aliphatic carbocycles. The Kier molecular flexibility index (Phi) is 6.00. The number of unbranched alkanes of at least 4 members (excludes halogenated alkanes) is 2. The highest BCUT2D eigenvalue weighted by molar-refractivity contribution is 6.50. The molecule has 1 aliphatic rings. The summed E-state index contributed by atoms with van der Waals surface area (Å²) in [6, 6.07) is 15.9. The number of amides is 2. The van der Waals surface area contributed by atoms with Crippen LogP contribution in [0.3, 0.4) is 0 Å². The van der Waals surface area contributed by atoms with E-state index in [2.05, 4.69) is 26.3 Å². The van der Waals surface area contributed by atoms with E-state index >= 15 is 0 Å². The molecule has 0 atom stereocenters. The summed E-state index contributed by atoms with van der Waals surface area (Å²) in [5.74, 6) is 4.62. The molecule has 2 aromatic carbocycles. The van der Waals surface area contributed by atoms with Crippen LogP contribution in [0.1, 0.15) is 36.8 Å². The first-order valence-corrected chi connectivity index (χ1v) is 11.8. The summed E-state index contributed by atoms with van der Waals surface area (Å²) in [6.45, 7) is 1.47. The van der Waals surface area contributed by atoms with Gasteiger partial charge in [0.05, 0.1) is 11.1 Å². The molecule has 0 saturated heterocycles. The van der Waals surface area contributed by atoms with Crippen LogP contribution in [-0.4, -0.2) is 20.9 Å². The normalized spacial score (nSPS) is 13.4. The van der Waals surface area contributed by atoms with Crippen molar-refractivity contribution in [2.75, 3.05) is 0 Å².